The van der Waals surface area contributed by atoms with Gasteiger partial charge in [0.2, 0.25) is 0 Å². The van der Waals surface area contributed by atoms with E-state index in [-0.39, 0.29) is 5.91 Å². The molecule has 0 radical (unpaired) electrons. The second-order valence-electron chi connectivity index (χ2n) is 5.21. The van der Waals surface area contributed by atoms with Crippen LogP contribution in [0.4, 0.5) is 4.79 Å². The molecule has 2 N–H and O–H groups in total. The molecule has 2 heterocycles. The van der Waals surface area contributed by atoms with Crippen LogP contribution in [-0.4, -0.2) is 43.4 Å². The number of carbonyl (C=O) groups is 2. The summed E-state index contributed by atoms with van der Waals surface area (Å²) in [7, 11) is 0. The minimum absolute atomic E-state index is 0.300. The van der Waals surface area contributed by atoms with E-state index < -0.39 is 17.7 Å². The van der Waals surface area contributed by atoms with Crippen LogP contribution in [-0.2, 0) is 14.3 Å². The van der Waals surface area contributed by atoms with Crippen LogP contribution in [0.3, 0.4) is 0 Å². The fourth-order valence-electron chi connectivity index (χ4n) is 2.53. The van der Waals surface area contributed by atoms with Crippen LogP contribution >= 0.6 is 0 Å². The molecule has 2 aliphatic rings. The van der Waals surface area contributed by atoms with Crippen molar-refractivity contribution in [2.24, 2.45) is 0 Å². The van der Waals surface area contributed by atoms with E-state index in [0.29, 0.717) is 26.2 Å². The van der Waals surface area contributed by atoms with Gasteiger partial charge in [0.05, 0.1) is 13.2 Å². The highest BCUT2D eigenvalue weighted by Crippen LogP contribution is 2.27. The largest absolute Gasteiger partial charge is 0.379 e. The number of rotatable bonds is 5. The first kappa shape index (κ1) is 15.7. The molecule has 3 amide bonds. The number of hydrogen-bond acceptors (Lipinski definition) is 4. The molecular weight excluding hydrogens is 272 g/mol. The van der Waals surface area contributed by atoms with E-state index in [2.05, 4.69) is 17.6 Å². The summed E-state index contributed by atoms with van der Waals surface area (Å²) in [5.41, 5.74) is 0.132. The molecule has 0 aliphatic carbocycles. The van der Waals surface area contributed by atoms with Crippen LogP contribution in [0.2, 0.25) is 0 Å². The predicted octanol–water partition coefficient (Wildman–Crippen LogP) is 1.28. The summed E-state index contributed by atoms with van der Waals surface area (Å²) in [4.78, 5) is 23.6. The smallest absolute Gasteiger partial charge is 0.322 e. The zero-order valence-electron chi connectivity index (χ0n) is 12.5. The summed E-state index contributed by atoms with van der Waals surface area (Å²) in [6, 6.07) is -0.462. The van der Waals surface area contributed by atoms with Crippen LogP contribution in [0.15, 0.2) is 23.8 Å². The third-order valence-corrected chi connectivity index (χ3v) is 3.88. The first-order chi connectivity index (χ1) is 10.1. The number of nitrogens with one attached hydrogen (secondary N) is 2. The number of ether oxygens (including phenoxy) is 2. The van der Waals surface area contributed by atoms with Crippen LogP contribution in [0.25, 0.3) is 0 Å². The zero-order valence-corrected chi connectivity index (χ0v) is 12.5. The van der Waals surface area contributed by atoms with Gasteiger partial charge in [0, 0.05) is 13.0 Å². The number of imide groups is 1. The second-order valence-corrected chi connectivity index (χ2v) is 5.21. The lowest BCUT2D eigenvalue weighted by molar-refractivity contribution is -0.142. The van der Waals surface area contributed by atoms with Crippen molar-refractivity contribution in [3.63, 3.8) is 0 Å². The van der Waals surface area contributed by atoms with Gasteiger partial charge in [-0.2, -0.15) is 0 Å². The maximum absolute atomic E-state index is 12.1. The Labute approximate surface area is 124 Å². The van der Waals surface area contributed by atoms with Gasteiger partial charge in [-0.15, -0.1) is 0 Å². The average Bonchev–Trinajstić information content (AvgIpc) is 2.75. The van der Waals surface area contributed by atoms with E-state index >= 15 is 0 Å². The van der Waals surface area contributed by atoms with E-state index in [1.54, 1.807) is 0 Å². The third kappa shape index (κ3) is 3.33. The van der Waals surface area contributed by atoms with E-state index in [4.69, 9.17) is 9.47 Å². The van der Waals surface area contributed by atoms with E-state index in [1.165, 1.54) is 0 Å². The minimum Gasteiger partial charge on any atom is -0.379 e. The Balaban J connectivity index is 2.06. The molecule has 0 aromatic rings. The van der Waals surface area contributed by atoms with Gasteiger partial charge >= 0.3 is 6.03 Å². The number of hydrogen-bond donors (Lipinski definition) is 2. The predicted molar refractivity (Wildman–Crippen MR) is 77.8 cm³/mol. The minimum atomic E-state index is -0.991. The highest BCUT2D eigenvalue weighted by Gasteiger charge is 2.54. The standard InChI is InChI=1S/C15H22N2O4/c1-3-5-6-11(4-2)9-21-12-10-20-8-7-15(12)13(18)16-14(19)17-15/h3,5-6,12H,4,7-10H2,1-2H3,(H2,16,17,18,19)/b5-3-,11-6+. The van der Waals surface area contributed by atoms with Gasteiger partial charge in [-0.3, -0.25) is 10.1 Å². The molecule has 6 nitrogen and oxygen atoms in total. The SMILES string of the molecule is C/C=C\C=C(/CC)COC1COCCC12NC(=O)NC2=O. The molecule has 2 unspecified atom stereocenters. The van der Waals surface area contributed by atoms with Crippen molar-refractivity contribution in [2.75, 3.05) is 19.8 Å². The third-order valence-electron chi connectivity index (χ3n) is 3.88. The molecule has 21 heavy (non-hydrogen) atoms. The lowest BCUT2D eigenvalue weighted by atomic mass is 9.87. The van der Waals surface area contributed by atoms with Gasteiger partial charge in [-0.05, 0) is 18.9 Å². The maximum atomic E-state index is 12.1. The molecule has 0 bridgehead atoms. The first-order valence-electron chi connectivity index (χ1n) is 7.26. The molecule has 1 spiro atoms. The van der Waals surface area contributed by atoms with Crippen molar-refractivity contribution in [1.29, 1.82) is 0 Å². The van der Waals surface area contributed by atoms with Crippen LogP contribution in [0.5, 0.6) is 0 Å². The first-order valence-corrected chi connectivity index (χ1v) is 7.26. The van der Waals surface area contributed by atoms with Gasteiger partial charge in [-0.1, -0.05) is 25.2 Å². The molecule has 2 saturated heterocycles. The number of allylic oxidation sites excluding steroid dienone is 3. The van der Waals surface area contributed by atoms with Gasteiger partial charge in [0.15, 0.2) is 5.54 Å². The Hall–Kier alpha value is -1.66. The summed E-state index contributed by atoms with van der Waals surface area (Å²) in [5.74, 6) is -0.323. The van der Waals surface area contributed by atoms with Crippen LogP contribution in [0, 0.1) is 0 Å². The molecule has 0 saturated carbocycles. The Kier molecular flexibility index (Phi) is 5.14. The molecule has 2 fully saturated rings. The topological polar surface area (TPSA) is 76.7 Å². The maximum Gasteiger partial charge on any atom is 0.322 e. The van der Waals surface area contributed by atoms with Crippen LogP contribution < -0.4 is 10.6 Å². The quantitative estimate of drug-likeness (QED) is 0.591. The Morgan fingerprint density at radius 3 is 2.95 bits per heavy atom. The molecule has 2 rings (SSSR count). The van der Waals surface area contributed by atoms with E-state index in [1.807, 2.05) is 25.2 Å². The van der Waals surface area contributed by atoms with Crippen molar-refractivity contribution < 1.29 is 19.1 Å². The van der Waals surface area contributed by atoms with Crippen molar-refractivity contribution in [3.8, 4) is 0 Å². The fraction of sp³-hybridized carbons (Fsp3) is 0.600. The zero-order chi connectivity index (χ0) is 15.3. The molecule has 0 aromatic heterocycles. The highest BCUT2D eigenvalue weighted by molar-refractivity contribution is 6.07. The molecule has 2 atom stereocenters. The molecular formula is C15H22N2O4. The normalized spacial score (nSPS) is 30.0. The van der Waals surface area contributed by atoms with E-state index in [0.717, 1.165) is 12.0 Å². The second kappa shape index (κ2) is 6.87. The Bertz CT molecular complexity index is 472. The van der Waals surface area contributed by atoms with Gasteiger partial charge < -0.3 is 14.8 Å². The summed E-state index contributed by atoms with van der Waals surface area (Å²) >= 11 is 0. The van der Waals surface area contributed by atoms with Gasteiger partial charge in [0.25, 0.3) is 5.91 Å². The van der Waals surface area contributed by atoms with E-state index in [9.17, 15) is 9.59 Å². The molecule has 6 heteroatoms. The lowest BCUT2D eigenvalue weighted by Gasteiger charge is -2.38. The van der Waals surface area contributed by atoms with Crippen molar-refractivity contribution in [1.82, 2.24) is 10.6 Å². The molecule has 116 valence electrons. The van der Waals surface area contributed by atoms with Crippen molar-refractivity contribution in [3.05, 3.63) is 23.8 Å². The number of amides is 3. The summed E-state index contributed by atoms with van der Waals surface area (Å²) in [6.07, 6.45) is 6.73. The Morgan fingerprint density at radius 2 is 2.33 bits per heavy atom. The van der Waals surface area contributed by atoms with Crippen molar-refractivity contribution >= 4 is 11.9 Å². The monoisotopic (exact) mass is 294 g/mol. The average molecular weight is 294 g/mol. The summed E-state index contributed by atoms with van der Waals surface area (Å²) in [5, 5.41) is 5.01. The van der Waals surface area contributed by atoms with Gasteiger partial charge in [0.1, 0.15) is 6.10 Å². The number of urea groups is 1. The highest BCUT2D eigenvalue weighted by atomic mass is 16.5. The molecule has 0 aromatic carbocycles. The fourth-order valence-corrected chi connectivity index (χ4v) is 2.53. The number of carbonyl (C=O) groups excluding carboxylic acids is 2. The lowest BCUT2D eigenvalue weighted by Crippen LogP contribution is -2.61. The summed E-state index contributed by atoms with van der Waals surface area (Å²) in [6.45, 7) is 5.15. The van der Waals surface area contributed by atoms with Crippen LogP contribution in [0.1, 0.15) is 26.7 Å². The molecule has 2 aliphatic heterocycles. The van der Waals surface area contributed by atoms with Gasteiger partial charge in [-0.25, -0.2) is 4.79 Å². The van der Waals surface area contributed by atoms with Crippen molar-refractivity contribution in [2.45, 2.75) is 38.3 Å². The summed E-state index contributed by atoms with van der Waals surface area (Å²) < 4.78 is 11.3. The Morgan fingerprint density at radius 1 is 1.52 bits per heavy atom.